The molecule has 2 N–H and O–H groups in total. The monoisotopic (exact) mass is 343 g/mol. The summed E-state index contributed by atoms with van der Waals surface area (Å²) >= 11 is 0. The average Bonchev–Trinajstić information content (AvgIpc) is 3.13. The highest BCUT2D eigenvalue weighted by molar-refractivity contribution is 5.76. The van der Waals surface area contributed by atoms with Crippen LogP contribution in [0.15, 0.2) is 49.1 Å². The largest absolute Gasteiger partial charge is 0.488 e. The minimum absolute atomic E-state index is 0.0236. The highest BCUT2D eigenvalue weighted by atomic mass is 16.5. The topological polar surface area (TPSA) is 76.4 Å². The van der Waals surface area contributed by atoms with Gasteiger partial charge in [0.2, 0.25) is 5.91 Å². The van der Waals surface area contributed by atoms with Gasteiger partial charge < -0.3 is 19.7 Å². The molecule has 0 radical (unpaired) electrons. The Morgan fingerprint density at radius 1 is 1.32 bits per heavy atom. The van der Waals surface area contributed by atoms with Gasteiger partial charge in [0, 0.05) is 25.4 Å². The maximum absolute atomic E-state index is 12.2. The standard InChI is InChI=1S/C19H25N3O3/c23-18(10-5-12-22-13-11-20-14-22)21-16-8-4-9-17(19(16)24)25-15-6-2-1-3-7-15/h1-3,6-7,11,13-14,16-17,19,24H,4-5,8-10,12H2,(H,21,23)/t16-,17-,19-/m1/s1. The molecular weight excluding hydrogens is 318 g/mol. The van der Waals surface area contributed by atoms with Crippen molar-refractivity contribution in [1.29, 1.82) is 0 Å². The van der Waals surface area contributed by atoms with Crippen molar-refractivity contribution in [3.05, 3.63) is 49.1 Å². The molecular formula is C19H25N3O3. The molecule has 1 heterocycles. The Kier molecular flexibility index (Phi) is 6.06. The van der Waals surface area contributed by atoms with Gasteiger partial charge in [-0.1, -0.05) is 18.2 Å². The van der Waals surface area contributed by atoms with Crippen LogP contribution >= 0.6 is 0 Å². The fraction of sp³-hybridized carbons (Fsp3) is 0.474. The van der Waals surface area contributed by atoms with Crippen LogP contribution in [0.25, 0.3) is 0 Å². The van der Waals surface area contributed by atoms with Crippen molar-refractivity contribution in [3.63, 3.8) is 0 Å². The number of amides is 1. The van der Waals surface area contributed by atoms with Gasteiger partial charge in [0.25, 0.3) is 0 Å². The van der Waals surface area contributed by atoms with Crippen molar-refractivity contribution in [2.24, 2.45) is 0 Å². The first kappa shape index (κ1) is 17.5. The summed E-state index contributed by atoms with van der Waals surface area (Å²) in [4.78, 5) is 16.1. The van der Waals surface area contributed by atoms with Gasteiger partial charge in [-0.25, -0.2) is 4.98 Å². The quantitative estimate of drug-likeness (QED) is 0.807. The van der Waals surface area contributed by atoms with Crippen LogP contribution in [0.2, 0.25) is 0 Å². The summed E-state index contributed by atoms with van der Waals surface area (Å²) < 4.78 is 7.85. The van der Waals surface area contributed by atoms with Crippen LogP contribution < -0.4 is 10.1 Å². The molecule has 0 unspecified atom stereocenters. The van der Waals surface area contributed by atoms with Crippen molar-refractivity contribution in [2.45, 2.75) is 56.9 Å². The third-order valence-corrected chi connectivity index (χ3v) is 4.55. The summed E-state index contributed by atoms with van der Waals surface area (Å²) in [6, 6.07) is 9.25. The summed E-state index contributed by atoms with van der Waals surface area (Å²) in [5, 5.41) is 13.5. The molecule has 0 spiro atoms. The number of hydrogen-bond donors (Lipinski definition) is 2. The van der Waals surface area contributed by atoms with Gasteiger partial charge in [-0.2, -0.15) is 0 Å². The molecule has 1 saturated carbocycles. The molecule has 6 nitrogen and oxygen atoms in total. The SMILES string of the molecule is O=C(CCCn1ccnc1)N[C@@H]1CCC[C@@H](Oc2ccccc2)[C@@H]1O. The van der Waals surface area contributed by atoms with Crippen LogP contribution in [0.5, 0.6) is 5.75 Å². The number of nitrogens with one attached hydrogen (secondary N) is 1. The molecule has 0 bridgehead atoms. The van der Waals surface area contributed by atoms with Crippen molar-refractivity contribution in [2.75, 3.05) is 0 Å². The second-order valence-corrected chi connectivity index (χ2v) is 6.47. The zero-order chi connectivity index (χ0) is 17.5. The van der Waals surface area contributed by atoms with Crippen molar-refractivity contribution >= 4 is 5.91 Å². The molecule has 3 atom stereocenters. The van der Waals surface area contributed by atoms with Gasteiger partial charge in [-0.05, 0) is 37.8 Å². The molecule has 2 aromatic rings. The number of para-hydroxylation sites is 1. The van der Waals surface area contributed by atoms with E-state index >= 15 is 0 Å². The number of carbonyl (C=O) groups excluding carboxylic acids is 1. The molecule has 6 heteroatoms. The predicted octanol–water partition coefficient (Wildman–Crippen LogP) is 2.14. The van der Waals surface area contributed by atoms with Gasteiger partial charge in [0.1, 0.15) is 18.0 Å². The molecule has 1 aromatic carbocycles. The Balaban J connectivity index is 1.45. The van der Waals surface area contributed by atoms with Crippen LogP contribution in [-0.2, 0) is 11.3 Å². The van der Waals surface area contributed by atoms with Crippen LogP contribution in [0.3, 0.4) is 0 Å². The van der Waals surface area contributed by atoms with E-state index in [0.29, 0.717) is 6.42 Å². The lowest BCUT2D eigenvalue weighted by molar-refractivity contribution is -0.124. The average molecular weight is 343 g/mol. The lowest BCUT2D eigenvalue weighted by atomic mass is 9.89. The molecule has 1 aliphatic rings. The number of benzene rings is 1. The van der Waals surface area contributed by atoms with Crippen LogP contribution in [-0.4, -0.2) is 38.8 Å². The minimum atomic E-state index is -0.688. The number of ether oxygens (including phenoxy) is 1. The van der Waals surface area contributed by atoms with E-state index in [1.54, 1.807) is 12.5 Å². The Labute approximate surface area is 147 Å². The molecule has 134 valence electrons. The Morgan fingerprint density at radius 2 is 2.16 bits per heavy atom. The summed E-state index contributed by atoms with van der Waals surface area (Å²) in [6.07, 6.45) is 8.06. The van der Waals surface area contributed by atoms with E-state index in [0.717, 1.165) is 38.0 Å². The highest BCUT2D eigenvalue weighted by Crippen LogP contribution is 2.24. The van der Waals surface area contributed by atoms with Crippen molar-refractivity contribution in [3.8, 4) is 5.75 Å². The van der Waals surface area contributed by atoms with Gasteiger partial charge in [0.05, 0.1) is 12.4 Å². The first-order valence-electron chi connectivity index (χ1n) is 8.87. The Hall–Kier alpha value is -2.34. The maximum Gasteiger partial charge on any atom is 0.220 e. The first-order valence-corrected chi connectivity index (χ1v) is 8.87. The number of aromatic nitrogens is 2. The molecule has 1 fully saturated rings. The summed E-state index contributed by atoms with van der Waals surface area (Å²) in [5.41, 5.74) is 0. The van der Waals surface area contributed by atoms with Crippen LogP contribution in [0, 0.1) is 0 Å². The maximum atomic E-state index is 12.2. The van der Waals surface area contributed by atoms with E-state index in [1.165, 1.54) is 0 Å². The first-order chi connectivity index (χ1) is 12.2. The second-order valence-electron chi connectivity index (χ2n) is 6.47. The summed E-state index contributed by atoms with van der Waals surface area (Å²) in [5.74, 6) is 0.725. The summed E-state index contributed by atoms with van der Waals surface area (Å²) in [7, 11) is 0. The molecule has 1 aliphatic carbocycles. The Morgan fingerprint density at radius 3 is 2.92 bits per heavy atom. The highest BCUT2D eigenvalue weighted by Gasteiger charge is 2.34. The van der Waals surface area contributed by atoms with Gasteiger partial charge in [-0.15, -0.1) is 0 Å². The number of carbonyl (C=O) groups is 1. The number of imidazole rings is 1. The number of nitrogens with zero attached hydrogens (tertiary/aromatic N) is 2. The third-order valence-electron chi connectivity index (χ3n) is 4.55. The van der Waals surface area contributed by atoms with Crippen LogP contribution in [0.1, 0.15) is 32.1 Å². The van der Waals surface area contributed by atoms with E-state index in [1.807, 2.05) is 41.1 Å². The Bertz CT molecular complexity index is 645. The normalized spacial score (nSPS) is 23.2. The summed E-state index contributed by atoms with van der Waals surface area (Å²) in [6.45, 7) is 0.764. The lowest BCUT2D eigenvalue weighted by Gasteiger charge is -2.35. The third kappa shape index (κ3) is 5.06. The van der Waals surface area contributed by atoms with Gasteiger partial charge in [0.15, 0.2) is 0 Å². The zero-order valence-corrected chi connectivity index (χ0v) is 14.3. The van der Waals surface area contributed by atoms with E-state index in [9.17, 15) is 9.90 Å². The van der Waals surface area contributed by atoms with E-state index in [4.69, 9.17) is 4.74 Å². The smallest absolute Gasteiger partial charge is 0.220 e. The van der Waals surface area contributed by atoms with E-state index in [-0.39, 0.29) is 18.1 Å². The molecule has 1 amide bonds. The molecule has 1 aromatic heterocycles. The number of hydrogen-bond acceptors (Lipinski definition) is 4. The lowest BCUT2D eigenvalue weighted by Crippen LogP contribution is -2.52. The van der Waals surface area contributed by atoms with Crippen LogP contribution in [0.4, 0.5) is 0 Å². The second kappa shape index (κ2) is 8.67. The van der Waals surface area contributed by atoms with E-state index in [2.05, 4.69) is 10.3 Å². The zero-order valence-electron chi connectivity index (χ0n) is 14.3. The number of aryl methyl sites for hydroxylation is 1. The van der Waals surface area contributed by atoms with E-state index < -0.39 is 6.10 Å². The number of aliphatic hydroxyl groups is 1. The van der Waals surface area contributed by atoms with Gasteiger partial charge >= 0.3 is 0 Å². The molecule has 0 saturated heterocycles. The molecule has 3 rings (SSSR count). The van der Waals surface area contributed by atoms with Gasteiger partial charge in [-0.3, -0.25) is 4.79 Å². The molecule has 0 aliphatic heterocycles. The number of aliphatic hydroxyl groups excluding tert-OH is 1. The van der Waals surface area contributed by atoms with Crippen molar-refractivity contribution < 1.29 is 14.6 Å². The minimum Gasteiger partial charge on any atom is -0.488 e. The molecule has 25 heavy (non-hydrogen) atoms. The fourth-order valence-electron chi connectivity index (χ4n) is 3.22. The predicted molar refractivity (Wildman–Crippen MR) is 94.1 cm³/mol. The fourth-order valence-corrected chi connectivity index (χ4v) is 3.22. The van der Waals surface area contributed by atoms with Crippen molar-refractivity contribution in [1.82, 2.24) is 14.9 Å². The number of rotatable bonds is 7.